The lowest BCUT2D eigenvalue weighted by molar-refractivity contribution is 0.102. The number of aryl methyl sites for hydroxylation is 2. The number of rotatable bonds is 4. The van der Waals surface area contributed by atoms with Gasteiger partial charge in [0.1, 0.15) is 0 Å². The monoisotopic (exact) mass is 276 g/mol. The first-order valence-corrected chi connectivity index (χ1v) is 6.87. The van der Waals surface area contributed by atoms with Crippen molar-refractivity contribution in [1.82, 2.24) is 9.78 Å². The summed E-state index contributed by atoms with van der Waals surface area (Å²) >= 11 is 5.66. The number of ketones is 1. The Kier molecular flexibility index (Phi) is 4.05. The van der Waals surface area contributed by atoms with E-state index in [0.717, 1.165) is 23.5 Å². The molecule has 0 fully saturated rings. The number of para-hydroxylation sites is 1. The van der Waals surface area contributed by atoms with E-state index in [1.54, 1.807) is 0 Å². The van der Waals surface area contributed by atoms with Gasteiger partial charge >= 0.3 is 0 Å². The van der Waals surface area contributed by atoms with Crippen molar-refractivity contribution in [3.63, 3.8) is 0 Å². The van der Waals surface area contributed by atoms with E-state index in [2.05, 4.69) is 18.1 Å². The first-order valence-electron chi connectivity index (χ1n) is 6.33. The minimum absolute atomic E-state index is 0.0111. The van der Waals surface area contributed by atoms with E-state index < -0.39 is 0 Å². The summed E-state index contributed by atoms with van der Waals surface area (Å²) in [6.07, 6.45) is 0.924. The second-order valence-corrected chi connectivity index (χ2v) is 4.76. The topological polar surface area (TPSA) is 34.9 Å². The van der Waals surface area contributed by atoms with Crippen molar-refractivity contribution < 1.29 is 4.79 Å². The van der Waals surface area contributed by atoms with Gasteiger partial charge in [0, 0.05) is 0 Å². The van der Waals surface area contributed by atoms with Gasteiger partial charge < -0.3 is 0 Å². The van der Waals surface area contributed by atoms with Crippen molar-refractivity contribution in [2.75, 3.05) is 5.88 Å². The molecule has 0 aliphatic heterocycles. The first-order chi connectivity index (χ1) is 9.10. The molecule has 1 heterocycles. The van der Waals surface area contributed by atoms with Gasteiger partial charge in [-0.1, -0.05) is 25.1 Å². The number of carbonyl (C=O) groups excluding carboxylic acids is 1. The molecule has 0 spiro atoms. The van der Waals surface area contributed by atoms with E-state index >= 15 is 0 Å². The predicted octanol–water partition coefficient (Wildman–Crippen LogP) is 3.47. The van der Waals surface area contributed by atoms with Crippen molar-refractivity contribution in [2.24, 2.45) is 0 Å². The number of alkyl halides is 1. The molecule has 0 aliphatic carbocycles. The van der Waals surface area contributed by atoms with Crippen molar-refractivity contribution in [3.05, 3.63) is 46.8 Å². The smallest absolute Gasteiger partial charge is 0.181 e. The number of aromatic nitrogens is 2. The van der Waals surface area contributed by atoms with Gasteiger partial charge in [0.15, 0.2) is 5.78 Å². The molecule has 0 saturated carbocycles. The lowest BCUT2D eigenvalue weighted by atomic mass is 10.1. The Bertz CT molecular complexity index is 617. The Balaban J connectivity index is 2.61. The number of hydrogen-bond donors (Lipinski definition) is 0. The molecule has 3 nitrogen and oxygen atoms in total. The van der Waals surface area contributed by atoms with Gasteiger partial charge in [-0.2, -0.15) is 5.10 Å². The fourth-order valence-electron chi connectivity index (χ4n) is 2.36. The molecule has 0 radical (unpaired) electrons. The van der Waals surface area contributed by atoms with Gasteiger partial charge in [0.25, 0.3) is 0 Å². The highest BCUT2D eigenvalue weighted by Gasteiger charge is 2.19. The van der Waals surface area contributed by atoms with Gasteiger partial charge in [-0.05, 0) is 31.9 Å². The molecule has 2 rings (SSSR count). The zero-order valence-electron chi connectivity index (χ0n) is 11.4. The van der Waals surface area contributed by atoms with E-state index in [1.807, 2.05) is 36.7 Å². The van der Waals surface area contributed by atoms with Crippen LogP contribution < -0.4 is 0 Å². The molecule has 1 aromatic carbocycles. The maximum atomic E-state index is 11.9. The molecule has 19 heavy (non-hydrogen) atoms. The van der Waals surface area contributed by atoms with Crippen LogP contribution in [0.1, 0.15) is 34.2 Å². The molecular weight excluding hydrogens is 260 g/mol. The van der Waals surface area contributed by atoms with E-state index in [9.17, 15) is 4.79 Å². The number of carbonyl (C=O) groups is 1. The van der Waals surface area contributed by atoms with E-state index in [1.165, 1.54) is 5.56 Å². The standard InChI is InChI=1S/C15H17ClN2O/c1-4-12-7-5-6-8-13(12)18-11(3)15(10(2)17-18)14(19)9-16/h5-8H,4,9H2,1-3H3. The molecule has 2 aromatic rings. The molecular formula is C15H17ClN2O. The maximum absolute atomic E-state index is 11.9. The van der Waals surface area contributed by atoms with Crippen LogP contribution in [0, 0.1) is 13.8 Å². The maximum Gasteiger partial charge on any atom is 0.181 e. The molecule has 1 aromatic heterocycles. The highest BCUT2D eigenvalue weighted by atomic mass is 35.5. The summed E-state index contributed by atoms with van der Waals surface area (Å²) < 4.78 is 1.84. The number of hydrogen-bond acceptors (Lipinski definition) is 2. The van der Waals surface area contributed by atoms with Crippen molar-refractivity contribution >= 4 is 17.4 Å². The third-order valence-corrected chi connectivity index (χ3v) is 3.53. The van der Waals surface area contributed by atoms with E-state index in [-0.39, 0.29) is 11.7 Å². The largest absolute Gasteiger partial charge is 0.293 e. The molecule has 0 N–H and O–H groups in total. The van der Waals surface area contributed by atoms with Crippen LogP contribution in [0.4, 0.5) is 0 Å². The molecule has 4 heteroatoms. The van der Waals surface area contributed by atoms with Crippen molar-refractivity contribution in [2.45, 2.75) is 27.2 Å². The zero-order chi connectivity index (χ0) is 14.0. The first kappa shape index (κ1) is 13.8. The summed E-state index contributed by atoms with van der Waals surface area (Å²) in [4.78, 5) is 11.9. The van der Waals surface area contributed by atoms with Crippen LogP contribution in [0.2, 0.25) is 0 Å². The summed E-state index contributed by atoms with van der Waals surface area (Å²) in [6.45, 7) is 5.86. The lowest BCUT2D eigenvalue weighted by Gasteiger charge is -2.09. The van der Waals surface area contributed by atoms with Crippen LogP contribution in [-0.4, -0.2) is 21.4 Å². The SMILES string of the molecule is CCc1ccccc1-n1nc(C)c(C(=O)CCl)c1C. The number of nitrogens with zero attached hydrogens (tertiary/aromatic N) is 2. The summed E-state index contributed by atoms with van der Waals surface area (Å²) in [5.74, 6) is -0.0834. The second-order valence-electron chi connectivity index (χ2n) is 4.50. The lowest BCUT2D eigenvalue weighted by Crippen LogP contribution is -2.06. The molecule has 0 amide bonds. The zero-order valence-corrected chi connectivity index (χ0v) is 12.2. The average Bonchev–Trinajstić information content (AvgIpc) is 2.73. The van der Waals surface area contributed by atoms with Crippen LogP contribution in [0.15, 0.2) is 24.3 Å². The average molecular weight is 277 g/mol. The summed E-state index contributed by atoms with van der Waals surface area (Å²) in [6, 6.07) is 8.09. The quantitative estimate of drug-likeness (QED) is 0.633. The Morgan fingerprint density at radius 2 is 2.00 bits per heavy atom. The summed E-state index contributed by atoms with van der Waals surface area (Å²) in [5, 5.41) is 4.50. The van der Waals surface area contributed by atoms with Gasteiger partial charge in [0.2, 0.25) is 0 Å². The van der Waals surface area contributed by atoms with Crippen LogP contribution >= 0.6 is 11.6 Å². The summed E-state index contributed by atoms with van der Waals surface area (Å²) in [5.41, 5.74) is 4.45. The highest BCUT2D eigenvalue weighted by Crippen LogP contribution is 2.21. The Morgan fingerprint density at radius 1 is 1.32 bits per heavy atom. The van der Waals surface area contributed by atoms with Crippen LogP contribution in [0.5, 0.6) is 0 Å². The minimum atomic E-state index is -0.0723. The van der Waals surface area contributed by atoms with Crippen LogP contribution in [0.3, 0.4) is 0 Å². The van der Waals surface area contributed by atoms with Gasteiger partial charge in [-0.25, -0.2) is 4.68 Å². The normalized spacial score (nSPS) is 10.7. The highest BCUT2D eigenvalue weighted by molar-refractivity contribution is 6.30. The van der Waals surface area contributed by atoms with Gasteiger partial charge in [-0.3, -0.25) is 4.79 Å². The third-order valence-electron chi connectivity index (χ3n) is 3.29. The van der Waals surface area contributed by atoms with E-state index in [4.69, 9.17) is 11.6 Å². The van der Waals surface area contributed by atoms with Crippen molar-refractivity contribution in [3.8, 4) is 5.69 Å². The fourth-order valence-corrected chi connectivity index (χ4v) is 2.50. The molecule has 0 saturated heterocycles. The van der Waals surface area contributed by atoms with Gasteiger partial charge in [-0.15, -0.1) is 11.6 Å². The second kappa shape index (κ2) is 5.57. The summed E-state index contributed by atoms with van der Waals surface area (Å²) in [7, 11) is 0. The third kappa shape index (κ3) is 2.43. The Morgan fingerprint density at radius 3 is 2.63 bits per heavy atom. The number of benzene rings is 1. The number of halogens is 1. The van der Waals surface area contributed by atoms with Crippen LogP contribution in [-0.2, 0) is 6.42 Å². The number of Topliss-reactive ketones (excluding diaryl/α,β-unsaturated/α-hetero) is 1. The molecule has 0 aliphatic rings. The van der Waals surface area contributed by atoms with Crippen LogP contribution in [0.25, 0.3) is 5.69 Å². The van der Waals surface area contributed by atoms with E-state index in [0.29, 0.717) is 5.56 Å². The van der Waals surface area contributed by atoms with Crippen molar-refractivity contribution in [1.29, 1.82) is 0 Å². The fraction of sp³-hybridized carbons (Fsp3) is 0.333. The molecule has 0 unspecified atom stereocenters. The molecule has 0 bridgehead atoms. The molecule has 100 valence electrons. The molecule has 0 atom stereocenters. The van der Waals surface area contributed by atoms with Gasteiger partial charge in [0.05, 0.1) is 28.5 Å². The Hall–Kier alpha value is -1.61. The predicted molar refractivity (Wildman–Crippen MR) is 77.5 cm³/mol. The minimum Gasteiger partial charge on any atom is -0.293 e. The Labute approximate surface area is 118 Å².